The Balaban J connectivity index is 1.10. The molecule has 3 heterocycles. The maximum Gasteiger partial charge on any atom is 0.0641 e. The van der Waals surface area contributed by atoms with Gasteiger partial charge in [0.05, 0.1) is 38.1 Å². The minimum Gasteiger partial charge on any atom is -0.308 e. The molecule has 13 aromatic rings. The number of benzene rings is 10. The fraction of sp³-hybridized carbons (Fsp3) is 0. The Morgan fingerprint density at radius 1 is 0.270 bits per heavy atom. The average molecular weight is 819 g/mol. The molecule has 0 spiro atoms. The van der Waals surface area contributed by atoms with E-state index in [-0.39, 0.29) is 0 Å². The number of hydrogen-bond acceptors (Lipinski definition) is 1. The molecule has 3 heteroatoms. The molecule has 0 aliphatic rings. The lowest BCUT2D eigenvalue weighted by Crippen LogP contribution is -1.98. The van der Waals surface area contributed by atoms with Gasteiger partial charge >= 0.3 is 0 Å². The molecule has 294 valence electrons. The number of hydrogen-bond donors (Lipinski definition) is 0. The molecule has 0 radical (unpaired) electrons. The highest BCUT2D eigenvalue weighted by Crippen LogP contribution is 2.49. The first-order chi connectivity index (χ1) is 31.3. The third kappa shape index (κ3) is 5.43. The van der Waals surface area contributed by atoms with Crippen LogP contribution < -0.4 is 0 Å². The third-order valence-corrected chi connectivity index (χ3v) is 14.2. The molecule has 0 aliphatic heterocycles. The first-order valence-electron chi connectivity index (χ1n) is 21.6. The van der Waals surface area contributed by atoms with Crippen LogP contribution >= 0.6 is 11.3 Å². The standard InChI is InChI=1S/C60H38N2S/c1-3-19-39(20-4-1)41-23-7-8-25-43(41)46-37-38-55(60-58(46)50-28-12-16-36-56(50)63-60)61-53-34-15-11-27-49(53)57-45(29-18-35-54(57)61)48-31-17-30-47-44-26-10-14-33-52(44)62(59(47)48)51-32-13-9-24-42(51)40-21-5-2-6-22-40/h1-38H. The smallest absolute Gasteiger partial charge is 0.0641 e. The molecule has 63 heavy (non-hydrogen) atoms. The monoisotopic (exact) mass is 818 g/mol. The van der Waals surface area contributed by atoms with Gasteiger partial charge in [0.2, 0.25) is 0 Å². The van der Waals surface area contributed by atoms with Crippen LogP contribution in [-0.2, 0) is 0 Å². The van der Waals surface area contributed by atoms with Gasteiger partial charge < -0.3 is 9.13 Å². The second-order valence-corrected chi connectivity index (χ2v) is 17.4. The largest absolute Gasteiger partial charge is 0.308 e. The number of nitrogens with zero attached hydrogens (tertiary/aromatic N) is 2. The van der Waals surface area contributed by atoms with Crippen molar-refractivity contribution in [3.63, 3.8) is 0 Å². The summed E-state index contributed by atoms with van der Waals surface area (Å²) in [5, 5.41) is 7.55. The lowest BCUT2D eigenvalue weighted by atomic mass is 9.91. The summed E-state index contributed by atoms with van der Waals surface area (Å²) < 4.78 is 7.60. The highest BCUT2D eigenvalue weighted by atomic mass is 32.1. The van der Waals surface area contributed by atoms with Crippen molar-refractivity contribution < 1.29 is 0 Å². The zero-order valence-electron chi connectivity index (χ0n) is 34.2. The van der Waals surface area contributed by atoms with E-state index in [1.807, 2.05) is 11.3 Å². The van der Waals surface area contributed by atoms with Gasteiger partial charge in [-0.3, -0.25) is 0 Å². The third-order valence-electron chi connectivity index (χ3n) is 13.0. The molecule has 3 aromatic heterocycles. The number of fused-ring (bicyclic) bond motifs is 9. The van der Waals surface area contributed by atoms with Crippen molar-refractivity contribution in [3.8, 4) is 55.9 Å². The van der Waals surface area contributed by atoms with E-state index in [0.717, 1.165) is 5.69 Å². The Bertz CT molecular complexity index is 3900. The molecule has 0 bridgehead atoms. The van der Waals surface area contributed by atoms with Gasteiger partial charge in [-0.2, -0.15) is 0 Å². The minimum absolute atomic E-state index is 1.16. The van der Waals surface area contributed by atoms with E-state index in [4.69, 9.17) is 0 Å². The average Bonchev–Trinajstić information content (AvgIpc) is 4.03. The first kappa shape index (κ1) is 35.7. The molecule has 0 saturated heterocycles. The van der Waals surface area contributed by atoms with Crippen molar-refractivity contribution in [1.29, 1.82) is 0 Å². The maximum atomic E-state index is 2.53. The van der Waals surface area contributed by atoms with Gasteiger partial charge in [0.1, 0.15) is 0 Å². The molecule has 0 unspecified atom stereocenters. The van der Waals surface area contributed by atoms with Crippen LogP contribution in [-0.4, -0.2) is 9.13 Å². The van der Waals surface area contributed by atoms with Crippen LogP contribution in [0, 0.1) is 0 Å². The highest BCUT2D eigenvalue weighted by Gasteiger charge is 2.24. The Morgan fingerprint density at radius 2 is 0.794 bits per heavy atom. The first-order valence-corrected chi connectivity index (χ1v) is 22.4. The molecular weight excluding hydrogens is 781 g/mol. The van der Waals surface area contributed by atoms with Crippen LogP contribution in [0.1, 0.15) is 0 Å². The summed E-state index contributed by atoms with van der Waals surface area (Å²) in [4.78, 5) is 0. The summed E-state index contributed by atoms with van der Waals surface area (Å²) >= 11 is 1.89. The summed E-state index contributed by atoms with van der Waals surface area (Å²) in [6.07, 6.45) is 0. The second kappa shape index (κ2) is 14.3. The fourth-order valence-electron chi connectivity index (χ4n) is 10.3. The van der Waals surface area contributed by atoms with E-state index in [2.05, 4.69) is 240 Å². The number of aromatic nitrogens is 2. The van der Waals surface area contributed by atoms with E-state index in [1.165, 1.54) is 114 Å². The van der Waals surface area contributed by atoms with Crippen molar-refractivity contribution in [2.45, 2.75) is 0 Å². The molecule has 0 atom stereocenters. The molecule has 0 fully saturated rings. The molecule has 0 saturated carbocycles. The summed E-state index contributed by atoms with van der Waals surface area (Å²) in [6, 6.07) is 84.5. The van der Waals surface area contributed by atoms with Gasteiger partial charge in [-0.1, -0.05) is 194 Å². The van der Waals surface area contributed by atoms with Crippen LogP contribution in [0.4, 0.5) is 0 Å². The van der Waals surface area contributed by atoms with Gasteiger partial charge in [-0.25, -0.2) is 0 Å². The molecule has 0 aliphatic carbocycles. The van der Waals surface area contributed by atoms with E-state index in [1.54, 1.807) is 0 Å². The fourth-order valence-corrected chi connectivity index (χ4v) is 11.6. The van der Waals surface area contributed by atoms with Crippen molar-refractivity contribution in [2.75, 3.05) is 0 Å². The van der Waals surface area contributed by atoms with E-state index in [9.17, 15) is 0 Å². The van der Waals surface area contributed by atoms with Gasteiger partial charge in [0, 0.05) is 48.1 Å². The van der Waals surface area contributed by atoms with E-state index in [0.29, 0.717) is 0 Å². The second-order valence-electron chi connectivity index (χ2n) is 16.3. The van der Waals surface area contributed by atoms with Crippen molar-refractivity contribution in [2.24, 2.45) is 0 Å². The molecule has 10 aromatic carbocycles. The summed E-state index contributed by atoms with van der Waals surface area (Å²) in [5.41, 5.74) is 16.9. The predicted octanol–water partition coefficient (Wildman–Crippen LogP) is 16.9. The number of thiophene rings is 1. The van der Waals surface area contributed by atoms with Gasteiger partial charge in [0.15, 0.2) is 0 Å². The SMILES string of the molecule is c1ccc(-c2ccccc2-c2ccc(-n3c4ccccc4c4c(-c5cccc6c7ccccc7n(-c7ccccc7-c7ccccc7)c56)cccc43)c3sc4ccccc4c23)cc1. The zero-order chi connectivity index (χ0) is 41.4. The van der Waals surface area contributed by atoms with Crippen molar-refractivity contribution >= 4 is 75.1 Å². The molecule has 13 rings (SSSR count). The summed E-state index contributed by atoms with van der Waals surface area (Å²) in [5.74, 6) is 0. The molecule has 2 nitrogen and oxygen atoms in total. The van der Waals surface area contributed by atoms with Crippen LogP contribution in [0.15, 0.2) is 231 Å². The Hall–Kier alpha value is -7.98. The van der Waals surface area contributed by atoms with Crippen LogP contribution in [0.25, 0.3) is 120 Å². The Labute approximate surface area is 368 Å². The van der Waals surface area contributed by atoms with Gasteiger partial charge in [0.25, 0.3) is 0 Å². The van der Waals surface area contributed by atoms with Gasteiger partial charge in [-0.05, 0) is 69.8 Å². The maximum absolute atomic E-state index is 2.53. The topological polar surface area (TPSA) is 9.86 Å². The number of para-hydroxylation sites is 4. The predicted molar refractivity (Wildman–Crippen MR) is 270 cm³/mol. The van der Waals surface area contributed by atoms with Crippen LogP contribution in [0.3, 0.4) is 0 Å². The van der Waals surface area contributed by atoms with Crippen LogP contribution in [0.5, 0.6) is 0 Å². The lowest BCUT2D eigenvalue weighted by molar-refractivity contribution is 1.18. The zero-order valence-corrected chi connectivity index (χ0v) is 35.1. The number of rotatable bonds is 6. The van der Waals surface area contributed by atoms with Crippen LogP contribution in [0.2, 0.25) is 0 Å². The van der Waals surface area contributed by atoms with Crippen molar-refractivity contribution in [3.05, 3.63) is 231 Å². The quantitative estimate of drug-likeness (QED) is 0.158. The van der Waals surface area contributed by atoms with Gasteiger partial charge in [-0.15, -0.1) is 11.3 Å². The van der Waals surface area contributed by atoms with E-state index < -0.39 is 0 Å². The summed E-state index contributed by atoms with van der Waals surface area (Å²) in [6.45, 7) is 0. The van der Waals surface area contributed by atoms with E-state index >= 15 is 0 Å². The summed E-state index contributed by atoms with van der Waals surface area (Å²) in [7, 11) is 0. The lowest BCUT2D eigenvalue weighted by Gasteiger charge is -2.17. The Morgan fingerprint density at radius 3 is 1.59 bits per heavy atom. The minimum atomic E-state index is 1.16. The molecule has 0 N–H and O–H groups in total. The highest BCUT2D eigenvalue weighted by molar-refractivity contribution is 7.26. The molecular formula is C60H38N2S. The van der Waals surface area contributed by atoms with Crippen molar-refractivity contribution in [1.82, 2.24) is 9.13 Å². The molecule has 0 amide bonds. The Kier molecular flexibility index (Phi) is 8.12. The normalized spacial score (nSPS) is 11.8.